The summed E-state index contributed by atoms with van der Waals surface area (Å²) in [6.07, 6.45) is 14.1. The van der Waals surface area contributed by atoms with Crippen molar-refractivity contribution in [2.45, 2.75) is 20.8 Å². The van der Waals surface area contributed by atoms with Gasteiger partial charge in [-0.1, -0.05) is 49.1 Å². The Morgan fingerprint density at radius 3 is 2.23 bits per heavy atom. The van der Waals surface area contributed by atoms with Crippen molar-refractivity contribution in [3.05, 3.63) is 60.3 Å². The fraction of sp³-hybridized carbons (Fsp3) is 0.231. The third-order valence-electron chi connectivity index (χ3n) is 1.64. The van der Waals surface area contributed by atoms with Crippen molar-refractivity contribution < 1.29 is 0 Å². The third-order valence-corrected chi connectivity index (χ3v) is 1.64. The van der Waals surface area contributed by atoms with Crippen LogP contribution in [-0.2, 0) is 0 Å². The van der Waals surface area contributed by atoms with Crippen LogP contribution in [0.5, 0.6) is 0 Å². The van der Waals surface area contributed by atoms with Gasteiger partial charge in [0, 0.05) is 0 Å². The van der Waals surface area contributed by atoms with E-state index in [-0.39, 0.29) is 0 Å². The van der Waals surface area contributed by atoms with Gasteiger partial charge >= 0.3 is 0 Å². The van der Waals surface area contributed by atoms with E-state index >= 15 is 0 Å². The number of hydrogen-bond donors (Lipinski definition) is 0. The minimum absolute atomic E-state index is 1.20. The van der Waals surface area contributed by atoms with Gasteiger partial charge in [0.05, 0.1) is 0 Å². The molecule has 0 aromatic heterocycles. The predicted molar refractivity (Wildman–Crippen MR) is 61.7 cm³/mol. The summed E-state index contributed by atoms with van der Waals surface area (Å²) in [5.74, 6) is 0. The maximum atomic E-state index is 3.69. The highest BCUT2D eigenvalue weighted by Gasteiger charge is 1.91. The van der Waals surface area contributed by atoms with Crippen LogP contribution in [0.2, 0.25) is 0 Å². The van der Waals surface area contributed by atoms with Gasteiger partial charge in [0.1, 0.15) is 0 Å². The smallest absolute Gasteiger partial charge is 0.0231 e. The molecule has 0 aromatic rings. The lowest BCUT2D eigenvalue weighted by molar-refractivity contribution is 1.42. The van der Waals surface area contributed by atoms with Crippen LogP contribution in [0.1, 0.15) is 20.8 Å². The topological polar surface area (TPSA) is 0 Å². The van der Waals surface area contributed by atoms with Gasteiger partial charge < -0.3 is 0 Å². The Morgan fingerprint density at radius 2 is 1.77 bits per heavy atom. The van der Waals surface area contributed by atoms with Crippen LogP contribution in [0.3, 0.4) is 0 Å². The van der Waals surface area contributed by atoms with Crippen molar-refractivity contribution in [2.75, 3.05) is 0 Å². The molecule has 0 saturated heterocycles. The molecule has 0 bridgehead atoms. The summed E-state index contributed by atoms with van der Waals surface area (Å²) in [6.45, 7) is 9.81. The molecule has 0 aliphatic carbocycles. The average Bonchev–Trinajstić information content (AvgIpc) is 2.14. The molecule has 0 aromatic carbocycles. The third kappa shape index (κ3) is 5.02. The van der Waals surface area contributed by atoms with Gasteiger partial charge in [-0.2, -0.15) is 0 Å². The Hall–Kier alpha value is -1.30. The first kappa shape index (κ1) is 11.7. The molecule has 0 nitrogen and oxygen atoms in total. The lowest BCUT2D eigenvalue weighted by Crippen LogP contribution is -1.79. The Morgan fingerprint density at radius 1 is 1.08 bits per heavy atom. The molecule has 0 heteroatoms. The van der Waals surface area contributed by atoms with Crippen LogP contribution in [0.25, 0.3) is 0 Å². The van der Waals surface area contributed by atoms with E-state index in [4.69, 9.17) is 0 Å². The minimum atomic E-state index is 1.20. The highest BCUT2D eigenvalue weighted by molar-refractivity contribution is 5.41. The van der Waals surface area contributed by atoms with Crippen LogP contribution in [0.15, 0.2) is 60.3 Å². The van der Waals surface area contributed by atoms with E-state index in [1.165, 1.54) is 11.1 Å². The van der Waals surface area contributed by atoms with Crippen molar-refractivity contribution in [3.63, 3.8) is 0 Å². The van der Waals surface area contributed by atoms with Gasteiger partial charge in [-0.05, 0) is 31.9 Å². The van der Waals surface area contributed by atoms with Crippen LogP contribution < -0.4 is 0 Å². The lowest BCUT2D eigenvalue weighted by Gasteiger charge is -1.99. The van der Waals surface area contributed by atoms with Crippen molar-refractivity contribution in [2.24, 2.45) is 0 Å². The van der Waals surface area contributed by atoms with Crippen molar-refractivity contribution >= 4 is 0 Å². The summed E-state index contributed by atoms with van der Waals surface area (Å²) < 4.78 is 0. The van der Waals surface area contributed by atoms with Gasteiger partial charge in [0.25, 0.3) is 0 Å². The molecule has 13 heavy (non-hydrogen) atoms. The first-order valence-electron chi connectivity index (χ1n) is 4.51. The molecule has 0 N–H and O–H groups in total. The second kappa shape index (κ2) is 7.35. The zero-order chi connectivity index (χ0) is 10.1. The fourth-order valence-corrected chi connectivity index (χ4v) is 0.962. The number of allylic oxidation sites excluding steroid dienone is 9. The molecule has 0 rings (SSSR count). The average molecular weight is 174 g/mol. The van der Waals surface area contributed by atoms with Gasteiger partial charge in [-0.15, -0.1) is 0 Å². The van der Waals surface area contributed by atoms with E-state index in [1.54, 1.807) is 0 Å². The molecule has 0 fully saturated rings. The molecule has 0 aliphatic heterocycles. The second-order valence-corrected chi connectivity index (χ2v) is 2.73. The first-order valence-corrected chi connectivity index (χ1v) is 4.51. The largest absolute Gasteiger partial charge is 0.0990 e. The Balaban J connectivity index is 4.74. The zero-order valence-corrected chi connectivity index (χ0v) is 8.75. The van der Waals surface area contributed by atoms with Crippen LogP contribution in [-0.4, -0.2) is 0 Å². The lowest BCUT2D eigenvalue weighted by atomic mass is 10.1. The van der Waals surface area contributed by atoms with Crippen LogP contribution >= 0.6 is 0 Å². The number of hydrogen-bond acceptors (Lipinski definition) is 0. The Bertz CT molecular complexity index is 260. The molecule has 0 radical (unpaired) electrons. The van der Waals surface area contributed by atoms with Gasteiger partial charge in [0.15, 0.2) is 0 Å². The maximum Gasteiger partial charge on any atom is -0.0231 e. The molecule has 0 spiro atoms. The Kier molecular flexibility index (Phi) is 6.62. The quantitative estimate of drug-likeness (QED) is 0.560. The maximum absolute atomic E-state index is 3.69. The summed E-state index contributed by atoms with van der Waals surface area (Å²) in [4.78, 5) is 0. The van der Waals surface area contributed by atoms with E-state index in [1.807, 2.05) is 44.2 Å². The standard InChI is InChI=1S/C13H18/c1-5-8-11-12(4)13(9-6-2)10-7-3/h5-11H,2H2,1,3-4H3/b8-5-,10-7-,12-11+,13-9+. The molecule has 0 aliphatic rings. The van der Waals surface area contributed by atoms with E-state index < -0.39 is 0 Å². The monoisotopic (exact) mass is 174 g/mol. The van der Waals surface area contributed by atoms with Crippen LogP contribution in [0.4, 0.5) is 0 Å². The van der Waals surface area contributed by atoms with Crippen molar-refractivity contribution in [1.29, 1.82) is 0 Å². The summed E-state index contributed by atoms with van der Waals surface area (Å²) in [6, 6.07) is 0. The summed E-state index contributed by atoms with van der Waals surface area (Å²) in [7, 11) is 0. The first-order chi connectivity index (χ1) is 6.26. The highest BCUT2D eigenvalue weighted by atomic mass is 14.0. The normalized spacial score (nSPS) is 14.4. The molecule has 0 unspecified atom stereocenters. The van der Waals surface area contributed by atoms with Crippen molar-refractivity contribution in [1.82, 2.24) is 0 Å². The predicted octanol–water partition coefficient (Wildman–Crippen LogP) is 4.20. The van der Waals surface area contributed by atoms with Gasteiger partial charge in [0.2, 0.25) is 0 Å². The second-order valence-electron chi connectivity index (χ2n) is 2.73. The van der Waals surface area contributed by atoms with Crippen LogP contribution in [0, 0.1) is 0 Å². The fourth-order valence-electron chi connectivity index (χ4n) is 0.962. The highest BCUT2D eigenvalue weighted by Crippen LogP contribution is 2.11. The summed E-state index contributed by atoms with van der Waals surface area (Å²) >= 11 is 0. The molecule has 70 valence electrons. The van der Waals surface area contributed by atoms with E-state index in [0.717, 1.165) is 0 Å². The molecule has 0 atom stereocenters. The molecule has 0 amide bonds. The van der Waals surface area contributed by atoms with E-state index in [2.05, 4.69) is 25.7 Å². The zero-order valence-electron chi connectivity index (χ0n) is 8.75. The van der Waals surface area contributed by atoms with E-state index in [9.17, 15) is 0 Å². The SMILES string of the molecule is C=C/C=C(\C=C/C)C(/C)=C/C=C\C. The van der Waals surface area contributed by atoms with E-state index in [0.29, 0.717) is 0 Å². The molecular formula is C13H18. The molecule has 0 saturated carbocycles. The Labute approximate surface area is 81.7 Å². The van der Waals surface area contributed by atoms with Gasteiger partial charge in [-0.3, -0.25) is 0 Å². The van der Waals surface area contributed by atoms with Crippen molar-refractivity contribution in [3.8, 4) is 0 Å². The minimum Gasteiger partial charge on any atom is -0.0990 e. The summed E-state index contributed by atoms with van der Waals surface area (Å²) in [5.41, 5.74) is 2.45. The molecule has 0 heterocycles. The molecular weight excluding hydrogens is 156 g/mol. The summed E-state index contributed by atoms with van der Waals surface area (Å²) in [5, 5.41) is 0. The number of rotatable bonds is 4. The van der Waals surface area contributed by atoms with Gasteiger partial charge in [-0.25, -0.2) is 0 Å².